The van der Waals surface area contributed by atoms with Crippen molar-refractivity contribution < 1.29 is 5.11 Å². The summed E-state index contributed by atoms with van der Waals surface area (Å²) in [6.07, 6.45) is 1.52. The van der Waals surface area contributed by atoms with Gasteiger partial charge in [0.25, 0.3) is 0 Å². The molecule has 0 fully saturated rings. The lowest BCUT2D eigenvalue weighted by atomic mass is 10.1. The molecule has 0 bridgehead atoms. The van der Waals surface area contributed by atoms with Crippen LogP contribution >= 0.6 is 0 Å². The van der Waals surface area contributed by atoms with E-state index in [2.05, 4.69) is 15.3 Å². The number of phenols is 1. The molecule has 0 unspecified atom stereocenters. The molecule has 4 nitrogen and oxygen atoms in total. The molecule has 0 saturated heterocycles. The molecule has 0 amide bonds. The summed E-state index contributed by atoms with van der Waals surface area (Å²) in [5.74, 6) is 0.905. The van der Waals surface area contributed by atoms with Gasteiger partial charge in [-0.25, -0.2) is 9.97 Å². The van der Waals surface area contributed by atoms with E-state index >= 15 is 0 Å². The van der Waals surface area contributed by atoms with Crippen molar-refractivity contribution in [2.24, 2.45) is 0 Å². The van der Waals surface area contributed by atoms with Crippen molar-refractivity contribution in [3.8, 4) is 5.75 Å². The maximum Gasteiger partial charge on any atom is 0.141 e. The minimum absolute atomic E-state index is 0.212. The van der Waals surface area contributed by atoms with Gasteiger partial charge in [0.2, 0.25) is 0 Å². The highest BCUT2D eigenvalue weighted by Gasteiger charge is 2.07. The second-order valence-electron chi connectivity index (χ2n) is 4.89. The van der Waals surface area contributed by atoms with E-state index in [9.17, 15) is 5.11 Å². The number of aryl methyl sites for hydroxylation is 2. The number of hydrogen-bond acceptors (Lipinski definition) is 4. The van der Waals surface area contributed by atoms with Gasteiger partial charge in [0.15, 0.2) is 0 Å². The van der Waals surface area contributed by atoms with Crippen LogP contribution < -0.4 is 5.32 Å². The minimum atomic E-state index is 0.212. The van der Waals surface area contributed by atoms with Crippen LogP contribution in [-0.2, 0) is 0 Å². The first-order valence-corrected chi connectivity index (χ1v) is 6.41. The maximum atomic E-state index is 9.97. The zero-order chi connectivity index (χ0) is 14.1. The number of aromatic hydroxyl groups is 1. The molecule has 0 saturated carbocycles. The topological polar surface area (TPSA) is 58.0 Å². The molecule has 3 aromatic rings. The number of nitrogens with zero attached hydrogens (tertiary/aromatic N) is 2. The Bertz CT molecular complexity index is 784. The van der Waals surface area contributed by atoms with Crippen LogP contribution in [0, 0.1) is 13.8 Å². The van der Waals surface area contributed by atoms with E-state index < -0.39 is 0 Å². The summed E-state index contributed by atoms with van der Waals surface area (Å²) in [5.41, 5.74) is 3.66. The Hall–Kier alpha value is -2.62. The van der Waals surface area contributed by atoms with E-state index in [0.717, 1.165) is 22.0 Å². The highest BCUT2D eigenvalue weighted by atomic mass is 16.3. The average Bonchev–Trinajstić information content (AvgIpc) is 2.42. The van der Waals surface area contributed by atoms with E-state index in [1.54, 1.807) is 6.07 Å². The average molecular weight is 265 g/mol. The lowest BCUT2D eigenvalue weighted by Crippen LogP contribution is -1.96. The lowest BCUT2D eigenvalue weighted by Gasteiger charge is -2.10. The summed E-state index contributed by atoms with van der Waals surface area (Å²) < 4.78 is 0. The molecule has 0 aliphatic rings. The van der Waals surface area contributed by atoms with Gasteiger partial charge in [-0.2, -0.15) is 0 Å². The Morgan fingerprint density at radius 3 is 2.50 bits per heavy atom. The lowest BCUT2D eigenvalue weighted by molar-refractivity contribution is 0.477. The third-order valence-electron chi connectivity index (χ3n) is 3.20. The number of hydrogen-bond donors (Lipinski definition) is 2. The van der Waals surface area contributed by atoms with E-state index in [1.807, 2.05) is 44.2 Å². The van der Waals surface area contributed by atoms with Crippen LogP contribution in [0.15, 0.2) is 42.7 Å². The van der Waals surface area contributed by atoms with Crippen LogP contribution in [0.5, 0.6) is 5.75 Å². The third kappa shape index (κ3) is 2.28. The molecule has 0 aliphatic heterocycles. The Morgan fingerprint density at radius 1 is 0.950 bits per heavy atom. The third-order valence-corrected chi connectivity index (χ3v) is 3.20. The smallest absolute Gasteiger partial charge is 0.141 e. The fourth-order valence-electron chi connectivity index (χ4n) is 2.15. The number of nitrogens with one attached hydrogen (secondary N) is 1. The molecule has 20 heavy (non-hydrogen) atoms. The number of benzene rings is 2. The molecule has 0 aliphatic carbocycles. The molecule has 4 heteroatoms. The van der Waals surface area contributed by atoms with Crippen LogP contribution in [0.25, 0.3) is 10.9 Å². The molecule has 2 N–H and O–H groups in total. The van der Waals surface area contributed by atoms with Gasteiger partial charge in [-0.05, 0) is 43.7 Å². The van der Waals surface area contributed by atoms with Gasteiger partial charge < -0.3 is 10.4 Å². The molecule has 3 rings (SSSR count). The van der Waals surface area contributed by atoms with E-state index in [4.69, 9.17) is 0 Å². The van der Waals surface area contributed by atoms with Crippen molar-refractivity contribution in [1.82, 2.24) is 9.97 Å². The summed E-state index contributed by atoms with van der Waals surface area (Å²) in [6, 6.07) is 11.5. The zero-order valence-electron chi connectivity index (χ0n) is 11.4. The van der Waals surface area contributed by atoms with Crippen LogP contribution in [0.2, 0.25) is 0 Å². The van der Waals surface area contributed by atoms with Gasteiger partial charge in [-0.3, -0.25) is 0 Å². The highest BCUT2D eigenvalue weighted by molar-refractivity contribution is 5.91. The number of rotatable bonds is 2. The van der Waals surface area contributed by atoms with Gasteiger partial charge >= 0.3 is 0 Å². The summed E-state index contributed by atoms with van der Waals surface area (Å²) in [4.78, 5) is 8.52. The van der Waals surface area contributed by atoms with Gasteiger partial charge in [-0.1, -0.05) is 17.7 Å². The molecule has 1 heterocycles. The number of aromatic nitrogens is 2. The Kier molecular flexibility index (Phi) is 2.99. The van der Waals surface area contributed by atoms with Gasteiger partial charge in [-0.15, -0.1) is 0 Å². The maximum absolute atomic E-state index is 9.97. The molecule has 0 spiro atoms. The first-order chi connectivity index (χ1) is 9.63. The second kappa shape index (κ2) is 4.81. The normalized spacial score (nSPS) is 10.7. The fraction of sp³-hybridized carbons (Fsp3) is 0.125. The largest absolute Gasteiger partial charge is 0.506 e. The van der Waals surface area contributed by atoms with E-state index in [-0.39, 0.29) is 5.75 Å². The van der Waals surface area contributed by atoms with Crippen LogP contribution in [0.4, 0.5) is 11.5 Å². The molecule has 0 radical (unpaired) electrons. The van der Waals surface area contributed by atoms with E-state index in [1.165, 1.54) is 6.33 Å². The van der Waals surface area contributed by atoms with Crippen LogP contribution in [0.1, 0.15) is 11.1 Å². The summed E-state index contributed by atoms with van der Waals surface area (Å²) in [6.45, 7) is 3.96. The van der Waals surface area contributed by atoms with Crippen LogP contribution in [-0.4, -0.2) is 15.1 Å². The van der Waals surface area contributed by atoms with E-state index in [0.29, 0.717) is 11.5 Å². The van der Waals surface area contributed by atoms with Crippen LogP contribution in [0.3, 0.4) is 0 Å². The van der Waals surface area contributed by atoms with Crippen molar-refractivity contribution >= 4 is 22.4 Å². The monoisotopic (exact) mass is 265 g/mol. The molecular formula is C16H15N3O. The highest BCUT2D eigenvalue weighted by Crippen LogP contribution is 2.29. The van der Waals surface area contributed by atoms with Crippen molar-refractivity contribution in [2.45, 2.75) is 13.8 Å². The second-order valence-corrected chi connectivity index (χ2v) is 4.89. The fourth-order valence-corrected chi connectivity index (χ4v) is 2.15. The SMILES string of the molecule is Cc1ccc(Nc2ncnc3ccc(C)cc23)c(O)c1. The number of anilines is 2. The molecular weight excluding hydrogens is 250 g/mol. The zero-order valence-corrected chi connectivity index (χ0v) is 11.4. The predicted octanol–water partition coefficient (Wildman–Crippen LogP) is 3.70. The van der Waals surface area contributed by atoms with Crippen molar-refractivity contribution in [3.05, 3.63) is 53.9 Å². The molecule has 1 aromatic heterocycles. The Morgan fingerprint density at radius 2 is 1.70 bits per heavy atom. The first kappa shape index (κ1) is 12.4. The predicted molar refractivity (Wildman–Crippen MR) is 80.4 cm³/mol. The molecule has 100 valence electrons. The Labute approximate surface area is 117 Å². The quantitative estimate of drug-likeness (QED) is 0.694. The number of fused-ring (bicyclic) bond motifs is 1. The van der Waals surface area contributed by atoms with Gasteiger partial charge in [0, 0.05) is 5.39 Å². The summed E-state index contributed by atoms with van der Waals surface area (Å²) in [7, 11) is 0. The summed E-state index contributed by atoms with van der Waals surface area (Å²) in [5, 5.41) is 14.1. The standard InChI is InChI=1S/C16H15N3O/c1-10-3-5-13-12(7-10)16(18-9-17-13)19-14-6-4-11(2)8-15(14)20/h3-9,20H,1-2H3,(H,17,18,19). The molecule has 0 atom stereocenters. The first-order valence-electron chi connectivity index (χ1n) is 6.41. The van der Waals surface area contributed by atoms with Crippen molar-refractivity contribution in [1.29, 1.82) is 0 Å². The molecule has 2 aromatic carbocycles. The minimum Gasteiger partial charge on any atom is -0.506 e. The summed E-state index contributed by atoms with van der Waals surface area (Å²) >= 11 is 0. The Balaban J connectivity index is 2.08. The van der Waals surface area contributed by atoms with Gasteiger partial charge in [0.05, 0.1) is 11.2 Å². The van der Waals surface area contributed by atoms with Gasteiger partial charge in [0.1, 0.15) is 17.9 Å². The van der Waals surface area contributed by atoms with Crippen molar-refractivity contribution in [3.63, 3.8) is 0 Å². The van der Waals surface area contributed by atoms with Crippen molar-refractivity contribution in [2.75, 3.05) is 5.32 Å². The number of phenolic OH excluding ortho intramolecular Hbond substituents is 1.